The number of nitrogens with one attached hydrogen (secondary N) is 1. The molecule has 0 saturated carbocycles. The van der Waals surface area contributed by atoms with E-state index in [1.54, 1.807) is 6.07 Å². The van der Waals surface area contributed by atoms with Gasteiger partial charge in [0.05, 0.1) is 5.92 Å². The molecular formula is C23H23N3O3. The molecule has 0 radical (unpaired) electrons. The SMILES string of the molecule is Cc1cc(C)c2cc(C3C(C#N)=C(N)OC4=C3C(=O)CC(C)(C)C4)c(=O)[nH]c2c1. The summed E-state index contributed by atoms with van der Waals surface area (Å²) >= 11 is 0. The number of ether oxygens (including phenoxy) is 1. The first-order valence-electron chi connectivity index (χ1n) is 9.59. The molecule has 0 fully saturated rings. The predicted octanol–water partition coefficient (Wildman–Crippen LogP) is 3.60. The highest BCUT2D eigenvalue weighted by Gasteiger charge is 2.43. The lowest BCUT2D eigenvalue weighted by molar-refractivity contribution is -0.119. The van der Waals surface area contributed by atoms with E-state index in [1.807, 2.05) is 39.8 Å². The van der Waals surface area contributed by atoms with Gasteiger partial charge < -0.3 is 15.5 Å². The molecule has 0 spiro atoms. The van der Waals surface area contributed by atoms with Crippen molar-refractivity contribution in [1.29, 1.82) is 5.26 Å². The number of benzene rings is 1. The van der Waals surface area contributed by atoms with Crippen molar-refractivity contribution in [3.63, 3.8) is 0 Å². The summed E-state index contributed by atoms with van der Waals surface area (Å²) in [5.41, 5.74) is 9.04. The second-order valence-electron chi connectivity index (χ2n) is 8.80. The molecule has 2 aliphatic rings. The fourth-order valence-electron chi connectivity index (χ4n) is 4.50. The van der Waals surface area contributed by atoms with Gasteiger partial charge in [-0.3, -0.25) is 9.59 Å². The van der Waals surface area contributed by atoms with Crippen LogP contribution in [0.1, 0.15) is 49.3 Å². The van der Waals surface area contributed by atoms with Crippen molar-refractivity contribution in [2.24, 2.45) is 11.1 Å². The third-order valence-electron chi connectivity index (χ3n) is 5.73. The van der Waals surface area contributed by atoms with E-state index in [2.05, 4.69) is 11.1 Å². The summed E-state index contributed by atoms with van der Waals surface area (Å²) in [7, 11) is 0. The minimum Gasteiger partial charge on any atom is -0.444 e. The number of fused-ring (bicyclic) bond motifs is 1. The Kier molecular flexibility index (Phi) is 4.16. The van der Waals surface area contributed by atoms with Gasteiger partial charge in [0.15, 0.2) is 5.78 Å². The standard InChI is InChI=1S/C23H23N3O3/c1-11-5-12(2)13-7-14(22(28)26-16(13)6-11)19-15(10-24)21(25)29-18-9-23(3,4)8-17(27)20(18)19/h5-7,19H,8-9,25H2,1-4H3,(H,26,28). The van der Waals surface area contributed by atoms with Crippen LogP contribution in [0.3, 0.4) is 0 Å². The summed E-state index contributed by atoms with van der Waals surface area (Å²) in [6, 6.07) is 7.78. The summed E-state index contributed by atoms with van der Waals surface area (Å²) in [6.45, 7) is 7.91. The van der Waals surface area contributed by atoms with Gasteiger partial charge in [-0.15, -0.1) is 0 Å². The minimum absolute atomic E-state index is 0.0399. The number of allylic oxidation sites excluding steroid dienone is 3. The first-order chi connectivity index (χ1) is 13.6. The number of rotatable bonds is 1. The molecule has 2 heterocycles. The van der Waals surface area contributed by atoms with E-state index in [1.165, 1.54) is 0 Å². The van der Waals surface area contributed by atoms with Crippen LogP contribution in [0.15, 0.2) is 45.8 Å². The number of aromatic amines is 1. The predicted molar refractivity (Wildman–Crippen MR) is 110 cm³/mol. The fraction of sp³-hybridized carbons (Fsp3) is 0.348. The highest BCUT2D eigenvalue weighted by atomic mass is 16.5. The van der Waals surface area contributed by atoms with E-state index in [-0.39, 0.29) is 28.2 Å². The number of aromatic nitrogens is 1. The number of carbonyl (C=O) groups is 1. The van der Waals surface area contributed by atoms with Crippen molar-refractivity contribution in [2.45, 2.75) is 46.5 Å². The van der Waals surface area contributed by atoms with E-state index in [0.29, 0.717) is 29.7 Å². The van der Waals surface area contributed by atoms with E-state index < -0.39 is 5.92 Å². The van der Waals surface area contributed by atoms with Gasteiger partial charge in [0.25, 0.3) is 5.56 Å². The third kappa shape index (κ3) is 3.03. The summed E-state index contributed by atoms with van der Waals surface area (Å²) in [5.74, 6) is -0.502. The highest BCUT2D eigenvalue weighted by molar-refractivity contribution is 6.00. The Hall–Kier alpha value is -3.33. The summed E-state index contributed by atoms with van der Waals surface area (Å²) in [5, 5.41) is 10.6. The second kappa shape index (κ2) is 6.35. The van der Waals surface area contributed by atoms with Crippen LogP contribution in [0, 0.1) is 30.6 Å². The lowest BCUT2D eigenvalue weighted by atomic mass is 9.70. The van der Waals surface area contributed by atoms with Crippen LogP contribution in [0.4, 0.5) is 0 Å². The van der Waals surface area contributed by atoms with Crippen molar-refractivity contribution in [3.8, 4) is 6.07 Å². The van der Waals surface area contributed by atoms with Gasteiger partial charge in [-0.2, -0.15) is 5.26 Å². The lowest BCUT2D eigenvalue weighted by Gasteiger charge is -2.37. The quantitative estimate of drug-likeness (QED) is 0.774. The van der Waals surface area contributed by atoms with E-state index in [4.69, 9.17) is 10.5 Å². The molecule has 6 nitrogen and oxygen atoms in total. The van der Waals surface area contributed by atoms with Crippen LogP contribution >= 0.6 is 0 Å². The van der Waals surface area contributed by atoms with Gasteiger partial charge in [-0.25, -0.2) is 0 Å². The lowest BCUT2D eigenvalue weighted by Crippen LogP contribution is -2.35. The monoisotopic (exact) mass is 389 g/mol. The number of ketones is 1. The minimum atomic E-state index is -0.818. The Bertz CT molecular complexity index is 1240. The Labute approximate surface area is 168 Å². The van der Waals surface area contributed by atoms with Crippen LogP contribution in [0.2, 0.25) is 0 Å². The number of hydrogen-bond acceptors (Lipinski definition) is 5. The molecule has 1 aromatic carbocycles. The van der Waals surface area contributed by atoms with Gasteiger partial charge in [0, 0.05) is 34.9 Å². The number of H-pyrrole nitrogens is 1. The van der Waals surface area contributed by atoms with Crippen LogP contribution in [-0.4, -0.2) is 10.8 Å². The van der Waals surface area contributed by atoms with Crippen LogP contribution < -0.4 is 11.3 Å². The van der Waals surface area contributed by atoms with Crippen LogP contribution in [-0.2, 0) is 9.53 Å². The highest BCUT2D eigenvalue weighted by Crippen LogP contribution is 2.47. The molecule has 1 aromatic heterocycles. The Morgan fingerprint density at radius 2 is 1.93 bits per heavy atom. The van der Waals surface area contributed by atoms with Crippen LogP contribution in [0.5, 0.6) is 0 Å². The first kappa shape index (κ1) is 19.0. The van der Waals surface area contributed by atoms with Gasteiger partial charge in [-0.1, -0.05) is 19.9 Å². The topological polar surface area (TPSA) is 109 Å². The molecule has 1 unspecified atom stereocenters. The fourth-order valence-corrected chi connectivity index (χ4v) is 4.50. The van der Waals surface area contributed by atoms with Crippen molar-refractivity contribution < 1.29 is 9.53 Å². The molecule has 4 rings (SSSR count). The van der Waals surface area contributed by atoms with Crippen molar-refractivity contribution >= 4 is 16.7 Å². The largest absolute Gasteiger partial charge is 0.444 e. The third-order valence-corrected chi connectivity index (χ3v) is 5.73. The molecule has 2 aromatic rings. The molecule has 0 amide bonds. The maximum absolute atomic E-state index is 13.1. The molecule has 3 N–H and O–H groups in total. The van der Waals surface area contributed by atoms with E-state index in [9.17, 15) is 14.9 Å². The van der Waals surface area contributed by atoms with Crippen molar-refractivity contribution in [1.82, 2.24) is 4.98 Å². The molecular weight excluding hydrogens is 366 g/mol. The van der Waals surface area contributed by atoms with Gasteiger partial charge >= 0.3 is 0 Å². The van der Waals surface area contributed by atoms with Crippen molar-refractivity contribution in [2.75, 3.05) is 0 Å². The molecule has 148 valence electrons. The molecule has 1 aliphatic carbocycles. The Balaban J connectivity index is 2.00. The van der Waals surface area contributed by atoms with Crippen LogP contribution in [0.25, 0.3) is 10.9 Å². The molecule has 6 heteroatoms. The van der Waals surface area contributed by atoms with Gasteiger partial charge in [0.2, 0.25) is 5.88 Å². The maximum Gasteiger partial charge on any atom is 0.252 e. The number of nitrogens with two attached hydrogens (primary N) is 1. The number of hydrogen-bond donors (Lipinski definition) is 2. The first-order valence-corrected chi connectivity index (χ1v) is 9.59. The molecule has 0 bridgehead atoms. The number of aryl methyl sites for hydroxylation is 2. The summed E-state index contributed by atoms with van der Waals surface area (Å²) < 4.78 is 5.70. The number of carbonyl (C=O) groups excluding carboxylic acids is 1. The Morgan fingerprint density at radius 1 is 1.21 bits per heavy atom. The zero-order valence-electron chi connectivity index (χ0n) is 17.0. The van der Waals surface area contributed by atoms with Crippen molar-refractivity contribution in [3.05, 3.63) is 68.0 Å². The van der Waals surface area contributed by atoms with Gasteiger partial charge in [-0.05, 0) is 42.5 Å². The van der Waals surface area contributed by atoms with E-state index in [0.717, 1.165) is 22.0 Å². The maximum atomic E-state index is 13.1. The molecule has 1 atom stereocenters. The average molecular weight is 389 g/mol. The molecule has 1 aliphatic heterocycles. The number of nitrogens with zero attached hydrogens (tertiary/aromatic N) is 1. The zero-order valence-corrected chi connectivity index (χ0v) is 17.0. The van der Waals surface area contributed by atoms with E-state index >= 15 is 0 Å². The normalized spacial score (nSPS) is 21.1. The number of pyridine rings is 1. The average Bonchev–Trinajstić information content (AvgIpc) is 2.58. The smallest absolute Gasteiger partial charge is 0.252 e. The Morgan fingerprint density at radius 3 is 2.62 bits per heavy atom. The number of Topliss-reactive ketones (excluding diaryl/α,β-unsaturated/α-hetero) is 1. The summed E-state index contributed by atoms with van der Waals surface area (Å²) in [4.78, 5) is 29.0. The molecule has 0 saturated heterocycles. The van der Waals surface area contributed by atoms with Gasteiger partial charge in [0.1, 0.15) is 17.4 Å². The second-order valence-corrected chi connectivity index (χ2v) is 8.80. The summed E-state index contributed by atoms with van der Waals surface area (Å²) in [6.07, 6.45) is 0.849. The number of nitriles is 1. The molecule has 29 heavy (non-hydrogen) atoms. The zero-order chi connectivity index (χ0) is 21.1.